The lowest BCUT2D eigenvalue weighted by Gasteiger charge is -2.17. The Balaban J connectivity index is 1.84. The summed E-state index contributed by atoms with van der Waals surface area (Å²) >= 11 is 0. The number of carbonyl (C=O) groups is 1. The van der Waals surface area contributed by atoms with E-state index in [0.29, 0.717) is 24.7 Å². The molecule has 0 radical (unpaired) electrons. The molecular weight excluding hydrogens is 386 g/mol. The Kier molecular flexibility index (Phi) is 7.35. The van der Waals surface area contributed by atoms with Crippen molar-refractivity contribution in [3.05, 3.63) is 88.5 Å². The number of amides is 1. The lowest BCUT2D eigenvalue weighted by atomic mass is 10.0. The van der Waals surface area contributed by atoms with Crippen molar-refractivity contribution in [3.63, 3.8) is 0 Å². The fraction of sp³-hybridized carbons (Fsp3) is 0.296. The van der Waals surface area contributed by atoms with Crippen LogP contribution in [0.3, 0.4) is 0 Å². The number of nitrogens with one attached hydrogen (secondary N) is 1. The second kappa shape index (κ2) is 10.2. The third-order valence-corrected chi connectivity index (χ3v) is 5.40. The van der Waals surface area contributed by atoms with Crippen molar-refractivity contribution >= 4 is 11.6 Å². The summed E-state index contributed by atoms with van der Waals surface area (Å²) in [6, 6.07) is 19.4. The van der Waals surface area contributed by atoms with Crippen molar-refractivity contribution in [1.82, 2.24) is 0 Å². The van der Waals surface area contributed by atoms with Crippen LogP contribution >= 0.6 is 0 Å². The molecular formula is C27H31NO3. The smallest absolute Gasteiger partial charge is 0.255 e. The average Bonchev–Trinajstić information content (AvgIpc) is 2.76. The first-order valence-corrected chi connectivity index (χ1v) is 10.8. The number of benzene rings is 3. The van der Waals surface area contributed by atoms with Gasteiger partial charge in [0, 0.05) is 16.8 Å². The maximum atomic E-state index is 12.9. The van der Waals surface area contributed by atoms with Gasteiger partial charge in [0.25, 0.3) is 5.91 Å². The molecule has 0 aliphatic heterocycles. The summed E-state index contributed by atoms with van der Waals surface area (Å²) in [7, 11) is 0. The summed E-state index contributed by atoms with van der Waals surface area (Å²) in [5, 5.41) is 3.02. The van der Waals surface area contributed by atoms with Crippen molar-refractivity contribution in [2.75, 3.05) is 11.9 Å². The molecule has 162 valence electrons. The van der Waals surface area contributed by atoms with Crippen LogP contribution in [0.5, 0.6) is 11.5 Å². The first kappa shape index (κ1) is 22.4. The van der Waals surface area contributed by atoms with Crippen molar-refractivity contribution in [3.8, 4) is 11.5 Å². The van der Waals surface area contributed by atoms with Gasteiger partial charge in [-0.15, -0.1) is 0 Å². The molecule has 0 saturated heterocycles. The zero-order valence-electron chi connectivity index (χ0n) is 19.0. The first-order valence-electron chi connectivity index (χ1n) is 10.8. The Morgan fingerprint density at radius 1 is 0.935 bits per heavy atom. The van der Waals surface area contributed by atoms with Gasteiger partial charge in [-0.25, -0.2) is 0 Å². The van der Waals surface area contributed by atoms with E-state index >= 15 is 0 Å². The van der Waals surface area contributed by atoms with Crippen LogP contribution in [0.2, 0.25) is 0 Å². The Morgan fingerprint density at radius 3 is 2.45 bits per heavy atom. The lowest BCUT2D eigenvalue weighted by molar-refractivity contribution is 0.102. The molecule has 0 bridgehead atoms. The van der Waals surface area contributed by atoms with Gasteiger partial charge in [-0.1, -0.05) is 44.2 Å². The summed E-state index contributed by atoms with van der Waals surface area (Å²) in [5.74, 6) is 1.79. The van der Waals surface area contributed by atoms with Crippen LogP contribution in [-0.2, 0) is 6.61 Å². The zero-order valence-corrected chi connectivity index (χ0v) is 19.0. The Morgan fingerprint density at radius 2 is 1.71 bits per heavy atom. The highest BCUT2D eigenvalue weighted by Crippen LogP contribution is 2.29. The maximum absolute atomic E-state index is 12.9. The summed E-state index contributed by atoms with van der Waals surface area (Å²) in [6.45, 7) is 11.1. The number of anilines is 1. The molecule has 3 aromatic rings. The topological polar surface area (TPSA) is 47.6 Å². The number of carbonyl (C=O) groups excluding carboxylic acids is 1. The lowest BCUT2D eigenvalue weighted by Crippen LogP contribution is -2.14. The molecule has 3 aromatic carbocycles. The fourth-order valence-electron chi connectivity index (χ4n) is 3.46. The predicted molar refractivity (Wildman–Crippen MR) is 126 cm³/mol. The number of aryl methyl sites for hydroxylation is 1. The molecule has 0 heterocycles. The minimum absolute atomic E-state index is 0.152. The van der Waals surface area contributed by atoms with Gasteiger partial charge in [-0.2, -0.15) is 0 Å². The van der Waals surface area contributed by atoms with Crippen molar-refractivity contribution < 1.29 is 14.3 Å². The van der Waals surface area contributed by atoms with Gasteiger partial charge in [0.2, 0.25) is 0 Å². The summed E-state index contributed by atoms with van der Waals surface area (Å²) in [6.07, 6.45) is 0. The Labute approximate surface area is 185 Å². The first-order chi connectivity index (χ1) is 14.9. The quantitative estimate of drug-likeness (QED) is 0.446. The van der Waals surface area contributed by atoms with Gasteiger partial charge < -0.3 is 14.8 Å². The third-order valence-electron chi connectivity index (χ3n) is 5.40. The van der Waals surface area contributed by atoms with Crippen LogP contribution in [0.15, 0.2) is 60.7 Å². The van der Waals surface area contributed by atoms with Crippen LogP contribution in [0.4, 0.5) is 5.69 Å². The summed E-state index contributed by atoms with van der Waals surface area (Å²) in [5.41, 5.74) is 5.60. The van der Waals surface area contributed by atoms with Crippen LogP contribution in [-0.4, -0.2) is 12.5 Å². The molecule has 0 saturated carbocycles. The predicted octanol–water partition coefficient (Wildman–Crippen LogP) is 6.66. The van der Waals surface area contributed by atoms with Crippen LogP contribution in [0.1, 0.15) is 59.3 Å². The van der Waals surface area contributed by atoms with Crippen molar-refractivity contribution in [2.24, 2.45) is 0 Å². The monoisotopic (exact) mass is 417 g/mol. The van der Waals surface area contributed by atoms with E-state index in [-0.39, 0.29) is 5.91 Å². The molecule has 4 heteroatoms. The van der Waals surface area contributed by atoms with Crippen molar-refractivity contribution in [1.29, 1.82) is 0 Å². The van der Waals surface area contributed by atoms with Gasteiger partial charge >= 0.3 is 0 Å². The van der Waals surface area contributed by atoms with Crippen molar-refractivity contribution in [2.45, 2.75) is 47.1 Å². The number of ether oxygens (including phenoxy) is 2. The highest BCUT2D eigenvalue weighted by molar-refractivity contribution is 6.05. The molecule has 0 aliphatic rings. The summed E-state index contributed by atoms with van der Waals surface area (Å²) in [4.78, 5) is 12.9. The Hall–Kier alpha value is -3.27. The molecule has 0 fully saturated rings. The molecule has 1 N–H and O–H groups in total. The van der Waals surface area contributed by atoms with Crippen LogP contribution in [0, 0.1) is 13.8 Å². The Bertz CT molecular complexity index is 1060. The van der Waals surface area contributed by atoms with Gasteiger partial charge in [0.05, 0.1) is 6.61 Å². The number of hydrogen-bond acceptors (Lipinski definition) is 3. The second-order valence-electron chi connectivity index (χ2n) is 7.94. The van der Waals surface area contributed by atoms with E-state index in [1.807, 2.05) is 69.3 Å². The molecule has 1 amide bonds. The average molecular weight is 418 g/mol. The highest BCUT2D eigenvalue weighted by Gasteiger charge is 2.14. The van der Waals surface area contributed by atoms with Crippen LogP contribution < -0.4 is 14.8 Å². The second-order valence-corrected chi connectivity index (χ2v) is 7.94. The molecule has 0 atom stereocenters. The zero-order chi connectivity index (χ0) is 22.4. The normalized spacial score (nSPS) is 10.8. The number of rotatable bonds is 8. The van der Waals surface area contributed by atoms with Gasteiger partial charge in [0.1, 0.15) is 18.1 Å². The van der Waals surface area contributed by atoms with E-state index in [2.05, 4.69) is 25.2 Å². The molecule has 0 aromatic heterocycles. The highest BCUT2D eigenvalue weighted by atomic mass is 16.5. The molecule has 4 nitrogen and oxygen atoms in total. The van der Waals surface area contributed by atoms with Gasteiger partial charge in [-0.05, 0) is 73.7 Å². The molecule has 3 rings (SSSR count). The minimum atomic E-state index is -0.152. The maximum Gasteiger partial charge on any atom is 0.255 e. The van der Waals surface area contributed by atoms with Gasteiger partial charge in [-0.3, -0.25) is 4.79 Å². The fourth-order valence-corrected chi connectivity index (χ4v) is 3.46. The van der Waals surface area contributed by atoms with E-state index in [0.717, 1.165) is 39.4 Å². The van der Waals surface area contributed by atoms with E-state index in [4.69, 9.17) is 9.47 Å². The summed E-state index contributed by atoms with van der Waals surface area (Å²) < 4.78 is 11.9. The standard InChI is InChI=1S/C27H31NO3/c1-6-30-25-15-14-21(27(29)28-24-12-9-10-19(4)20(24)5)16-22(25)17-31-26-13-8-7-11-23(26)18(2)3/h7-16,18H,6,17H2,1-5H3,(H,28,29). The van der Waals surface area contributed by atoms with Crippen LogP contribution in [0.25, 0.3) is 0 Å². The minimum Gasteiger partial charge on any atom is -0.493 e. The van der Waals surface area contributed by atoms with Gasteiger partial charge in [0.15, 0.2) is 0 Å². The molecule has 0 unspecified atom stereocenters. The SMILES string of the molecule is CCOc1ccc(C(=O)Nc2cccc(C)c2C)cc1COc1ccccc1C(C)C. The van der Waals surface area contributed by atoms with E-state index in [9.17, 15) is 4.79 Å². The largest absolute Gasteiger partial charge is 0.493 e. The molecule has 0 spiro atoms. The van der Waals surface area contributed by atoms with E-state index in [1.54, 1.807) is 6.07 Å². The van der Waals surface area contributed by atoms with E-state index < -0.39 is 0 Å². The molecule has 31 heavy (non-hydrogen) atoms. The number of para-hydroxylation sites is 1. The van der Waals surface area contributed by atoms with E-state index in [1.165, 1.54) is 0 Å². The number of hydrogen-bond donors (Lipinski definition) is 1. The molecule has 0 aliphatic carbocycles. The third kappa shape index (κ3) is 5.46.